The van der Waals surface area contributed by atoms with Gasteiger partial charge in [0.15, 0.2) is 0 Å². The molecule has 0 aliphatic heterocycles. The van der Waals surface area contributed by atoms with Crippen LogP contribution in [0.3, 0.4) is 0 Å². The summed E-state index contributed by atoms with van der Waals surface area (Å²) in [5.74, 6) is 2.17. The molecule has 3 heteroatoms. The molecule has 24 heavy (non-hydrogen) atoms. The molecule has 0 aromatic rings. The highest BCUT2D eigenvalue weighted by atomic mass is 16.3. The van der Waals surface area contributed by atoms with Crippen LogP contribution in [0, 0.1) is 40.4 Å². The van der Waals surface area contributed by atoms with Crippen molar-refractivity contribution >= 4 is 12.1 Å². The normalized spacial score (nSPS) is 57.0. The Hall–Kier alpha value is -0.700. The average Bonchev–Trinajstić information content (AvgIpc) is 2.77. The van der Waals surface area contributed by atoms with Crippen molar-refractivity contribution in [2.75, 3.05) is 0 Å². The molecule has 4 aliphatic carbocycles. The molecule has 0 heterocycles. The first kappa shape index (κ1) is 16.8. The largest absolute Gasteiger partial charge is 0.390 e. The molecule has 0 amide bonds. The van der Waals surface area contributed by atoms with Crippen LogP contribution in [0.15, 0.2) is 0 Å². The third-order valence-corrected chi connectivity index (χ3v) is 9.31. The summed E-state index contributed by atoms with van der Waals surface area (Å²) >= 11 is 0. The molecule has 1 unspecified atom stereocenters. The Morgan fingerprint density at radius 3 is 2.46 bits per heavy atom. The molecule has 8 atom stereocenters. The van der Waals surface area contributed by atoms with E-state index in [-0.39, 0.29) is 22.5 Å². The number of ketones is 1. The van der Waals surface area contributed by atoms with Gasteiger partial charge < -0.3 is 9.90 Å². The van der Waals surface area contributed by atoms with Gasteiger partial charge in [-0.1, -0.05) is 13.8 Å². The van der Waals surface area contributed by atoms with Crippen LogP contribution in [0.25, 0.3) is 0 Å². The molecule has 4 rings (SSSR count). The van der Waals surface area contributed by atoms with E-state index in [0.29, 0.717) is 30.1 Å². The highest BCUT2D eigenvalue weighted by Gasteiger charge is 2.63. The molecular weight excluding hydrogens is 300 g/mol. The van der Waals surface area contributed by atoms with Gasteiger partial charge in [0, 0.05) is 6.42 Å². The van der Waals surface area contributed by atoms with E-state index in [2.05, 4.69) is 13.8 Å². The maximum atomic E-state index is 12.2. The van der Waals surface area contributed by atoms with E-state index in [1.165, 1.54) is 6.42 Å². The third kappa shape index (κ3) is 2.00. The number of carbonyl (C=O) groups is 2. The summed E-state index contributed by atoms with van der Waals surface area (Å²) in [6.07, 6.45) is 8.93. The number of fused-ring (bicyclic) bond motifs is 5. The Labute approximate surface area is 145 Å². The SMILES string of the molecule is C[C@]12CC(C=O)C(=O)C[C@@H]1CC[C@@H]1[C@@H]2CC[C@@]2(C)[C@H]1CC[C@]2(C)O. The lowest BCUT2D eigenvalue weighted by atomic mass is 9.44. The number of aliphatic hydroxyl groups is 1. The van der Waals surface area contributed by atoms with Crippen LogP contribution in [0.4, 0.5) is 0 Å². The molecule has 0 spiro atoms. The third-order valence-electron chi connectivity index (χ3n) is 9.31. The first-order valence-corrected chi connectivity index (χ1v) is 9.93. The van der Waals surface area contributed by atoms with Crippen LogP contribution >= 0.6 is 0 Å². The fourth-order valence-electron chi connectivity index (χ4n) is 7.54. The summed E-state index contributed by atoms with van der Waals surface area (Å²) in [7, 11) is 0. The lowest BCUT2D eigenvalue weighted by Crippen LogP contribution is -2.57. The summed E-state index contributed by atoms with van der Waals surface area (Å²) in [6.45, 7) is 6.73. The van der Waals surface area contributed by atoms with Gasteiger partial charge in [0.25, 0.3) is 0 Å². The summed E-state index contributed by atoms with van der Waals surface area (Å²) in [5, 5.41) is 11.0. The minimum Gasteiger partial charge on any atom is -0.390 e. The van der Waals surface area contributed by atoms with Crippen molar-refractivity contribution in [1.82, 2.24) is 0 Å². The van der Waals surface area contributed by atoms with Gasteiger partial charge in [0.1, 0.15) is 12.1 Å². The number of rotatable bonds is 1. The minimum atomic E-state index is -0.533. The van der Waals surface area contributed by atoms with Gasteiger partial charge in [-0.15, -0.1) is 0 Å². The van der Waals surface area contributed by atoms with Crippen molar-refractivity contribution in [3.8, 4) is 0 Å². The predicted octanol–water partition coefficient (Wildman–Crippen LogP) is 3.77. The molecule has 4 saturated carbocycles. The van der Waals surface area contributed by atoms with E-state index in [1.54, 1.807) is 0 Å². The molecule has 4 aliphatic rings. The highest BCUT2D eigenvalue weighted by Crippen LogP contribution is 2.68. The fraction of sp³-hybridized carbons (Fsp3) is 0.905. The summed E-state index contributed by atoms with van der Waals surface area (Å²) in [5.41, 5.74) is -0.349. The molecule has 4 fully saturated rings. The van der Waals surface area contributed by atoms with E-state index >= 15 is 0 Å². The number of hydrogen-bond donors (Lipinski definition) is 1. The Balaban J connectivity index is 1.66. The Kier molecular flexibility index (Phi) is 3.60. The summed E-state index contributed by atoms with van der Waals surface area (Å²) in [4.78, 5) is 23.6. The topological polar surface area (TPSA) is 54.4 Å². The first-order chi connectivity index (χ1) is 11.2. The predicted molar refractivity (Wildman–Crippen MR) is 92.3 cm³/mol. The maximum Gasteiger partial charge on any atom is 0.143 e. The Morgan fingerprint density at radius 2 is 1.75 bits per heavy atom. The van der Waals surface area contributed by atoms with E-state index in [4.69, 9.17) is 0 Å². The summed E-state index contributed by atoms with van der Waals surface area (Å²) in [6, 6.07) is 0. The summed E-state index contributed by atoms with van der Waals surface area (Å²) < 4.78 is 0. The van der Waals surface area contributed by atoms with Crippen molar-refractivity contribution in [3.63, 3.8) is 0 Å². The van der Waals surface area contributed by atoms with Crippen LogP contribution in [0.2, 0.25) is 0 Å². The molecular formula is C21H32O3. The molecule has 134 valence electrons. The number of Topliss-reactive ketones (excluding diaryl/α,β-unsaturated/α-hetero) is 1. The second-order valence-electron chi connectivity index (χ2n) is 10.0. The lowest BCUT2D eigenvalue weighted by molar-refractivity contribution is -0.159. The second-order valence-corrected chi connectivity index (χ2v) is 10.0. The lowest BCUT2D eigenvalue weighted by Gasteiger charge is -2.61. The van der Waals surface area contributed by atoms with Crippen LogP contribution in [0.5, 0.6) is 0 Å². The fourth-order valence-corrected chi connectivity index (χ4v) is 7.54. The zero-order valence-electron chi connectivity index (χ0n) is 15.4. The zero-order chi connectivity index (χ0) is 17.3. The molecule has 0 aromatic carbocycles. The monoisotopic (exact) mass is 332 g/mol. The Bertz CT molecular complexity index is 567. The van der Waals surface area contributed by atoms with Crippen LogP contribution in [-0.2, 0) is 9.59 Å². The van der Waals surface area contributed by atoms with Crippen molar-refractivity contribution < 1.29 is 14.7 Å². The van der Waals surface area contributed by atoms with E-state index in [9.17, 15) is 14.7 Å². The van der Waals surface area contributed by atoms with Crippen molar-refractivity contribution in [1.29, 1.82) is 0 Å². The molecule has 0 saturated heterocycles. The molecule has 3 nitrogen and oxygen atoms in total. The molecule has 0 radical (unpaired) electrons. The van der Waals surface area contributed by atoms with Gasteiger partial charge in [-0.25, -0.2) is 0 Å². The van der Waals surface area contributed by atoms with Gasteiger partial charge in [-0.2, -0.15) is 0 Å². The molecule has 0 bridgehead atoms. The quantitative estimate of drug-likeness (QED) is 0.587. The van der Waals surface area contributed by atoms with Gasteiger partial charge in [0.2, 0.25) is 0 Å². The zero-order valence-corrected chi connectivity index (χ0v) is 15.4. The standard InChI is InChI=1S/C21H32O3/c1-19-11-13(12-22)18(23)10-14(19)4-5-15-16(19)6-8-20(2)17(15)7-9-21(20,3)24/h12-17,24H,4-11H2,1-3H3/t13?,14-,15+,16-,17-,19-,20-,21-/m0/s1. The van der Waals surface area contributed by atoms with Crippen molar-refractivity contribution in [3.05, 3.63) is 0 Å². The van der Waals surface area contributed by atoms with Crippen LogP contribution in [0.1, 0.15) is 72.1 Å². The number of carbonyl (C=O) groups excluding carboxylic acids is 2. The Morgan fingerprint density at radius 1 is 1.04 bits per heavy atom. The van der Waals surface area contributed by atoms with Crippen molar-refractivity contribution in [2.45, 2.75) is 77.7 Å². The van der Waals surface area contributed by atoms with E-state index in [1.807, 2.05) is 6.92 Å². The first-order valence-electron chi connectivity index (χ1n) is 9.93. The van der Waals surface area contributed by atoms with Crippen LogP contribution < -0.4 is 0 Å². The smallest absolute Gasteiger partial charge is 0.143 e. The maximum absolute atomic E-state index is 12.2. The minimum absolute atomic E-state index is 0.0475. The van der Waals surface area contributed by atoms with Gasteiger partial charge >= 0.3 is 0 Å². The second kappa shape index (κ2) is 5.16. The average molecular weight is 332 g/mol. The van der Waals surface area contributed by atoms with Gasteiger partial charge in [-0.3, -0.25) is 4.79 Å². The molecule has 0 aromatic heterocycles. The number of hydrogen-bond acceptors (Lipinski definition) is 3. The van der Waals surface area contributed by atoms with E-state index < -0.39 is 5.60 Å². The van der Waals surface area contributed by atoms with Gasteiger partial charge in [-0.05, 0) is 86.4 Å². The van der Waals surface area contributed by atoms with E-state index in [0.717, 1.165) is 44.8 Å². The number of aldehydes is 1. The van der Waals surface area contributed by atoms with Gasteiger partial charge in [0.05, 0.1) is 11.5 Å². The van der Waals surface area contributed by atoms with Crippen molar-refractivity contribution in [2.24, 2.45) is 40.4 Å². The van der Waals surface area contributed by atoms with Crippen LogP contribution in [-0.4, -0.2) is 22.8 Å². The molecule has 1 N–H and O–H groups in total. The highest BCUT2D eigenvalue weighted by molar-refractivity contribution is 5.94.